The lowest BCUT2D eigenvalue weighted by Crippen LogP contribution is -2.45. The van der Waals surface area contributed by atoms with Crippen molar-refractivity contribution in [2.75, 3.05) is 20.7 Å². The van der Waals surface area contributed by atoms with Crippen LogP contribution in [0.3, 0.4) is 0 Å². The summed E-state index contributed by atoms with van der Waals surface area (Å²) in [5, 5.41) is 2.49. The van der Waals surface area contributed by atoms with Crippen LogP contribution in [-0.2, 0) is 22.6 Å². The van der Waals surface area contributed by atoms with E-state index in [9.17, 15) is 9.59 Å². The van der Waals surface area contributed by atoms with E-state index < -0.39 is 6.09 Å². The van der Waals surface area contributed by atoms with Crippen molar-refractivity contribution in [3.8, 4) is 33.6 Å². The molecule has 0 radical (unpaired) electrons. The van der Waals surface area contributed by atoms with Crippen LogP contribution in [0.5, 0.6) is 0 Å². The highest BCUT2D eigenvalue weighted by atomic mass is 16.5. The normalized spacial score (nSPS) is 11.4. The number of hydrogen-bond donors (Lipinski definition) is 3. The number of imidazole rings is 2. The number of hydrogen-bond acceptors (Lipinski definition) is 6. The van der Waals surface area contributed by atoms with Crippen molar-refractivity contribution in [1.29, 1.82) is 0 Å². The Morgan fingerprint density at radius 1 is 0.733 bits per heavy atom. The van der Waals surface area contributed by atoms with Gasteiger partial charge in [-0.1, -0.05) is 76.2 Å². The van der Waals surface area contributed by atoms with Gasteiger partial charge in [-0.05, 0) is 55.0 Å². The number of nitrogens with one attached hydrogen (secondary N) is 3. The zero-order valence-electron chi connectivity index (χ0n) is 27.4. The van der Waals surface area contributed by atoms with Gasteiger partial charge in [-0.3, -0.25) is 9.69 Å². The molecule has 2 heterocycles. The maximum atomic E-state index is 13.0. The molecule has 0 saturated heterocycles. The van der Waals surface area contributed by atoms with Crippen LogP contribution in [0, 0.1) is 0 Å². The Labute approximate surface area is 266 Å². The lowest BCUT2D eigenvalue weighted by atomic mass is 10.0. The summed E-state index contributed by atoms with van der Waals surface area (Å²) in [6.07, 6.45) is 6.94. The zero-order valence-corrected chi connectivity index (χ0v) is 27.4. The third kappa shape index (κ3) is 8.60. The molecule has 0 atom stereocenters. The van der Waals surface area contributed by atoms with Crippen molar-refractivity contribution >= 4 is 12.0 Å². The van der Waals surface area contributed by atoms with Crippen LogP contribution in [0.25, 0.3) is 33.6 Å². The SMILES string of the molecule is CCC(CC)N(C)Cc1ncc(-c2ccc(-c3ccc(-c4cnc(CN(C(=O)CNC(=O)OC)C(CC)CC)[nH]4)cc3)cc2)[nH]1. The van der Waals surface area contributed by atoms with Crippen molar-refractivity contribution in [2.24, 2.45) is 0 Å². The van der Waals surface area contributed by atoms with Gasteiger partial charge in [0.25, 0.3) is 0 Å². The Hall–Kier alpha value is -4.44. The summed E-state index contributed by atoms with van der Waals surface area (Å²) in [6, 6.07) is 17.5. The van der Waals surface area contributed by atoms with Crippen molar-refractivity contribution < 1.29 is 14.3 Å². The highest BCUT2D eigenvalue weighted by Crippen LogP contribution is 2.27. The number of carbonyl (C=O) groups is 2. The van der Waals surface area contributed by atoms with Gasteiger partial charge in [0.2, 0.25) is 5.91 Å². The molecule has 0 saturated carbocycles. The van der Waals surface area contributed by atoms with Gasteiger partial charge < -0.3 is 24.9 Å². The molecule has 240 valence electrons. The number of H-pyrrole nitrogens is 2. The van der Waals surface area contributed by atoms with Gasteiger partial charge in [-0.25, -0.2) is 14.8 Å². The van der Waals surface area contributed by atoms with Crippen molar-refractivity contribution in [3.05, 3.63) is 72.6 Å². The summed E-state index contributed by atoms with van der Waals surface area (Å²) in [6.45, 7) is 9.56. The van der Waals surface area contributed by atoms with E-state index in [-0.39, 0.29) is 18.5 Å². The van der Waals surface area contributed by atoms with Crippen LogP contribution in [-0.4, -0.2) is 74.5 Å². The predicted octanol–water partition coefficient (Wildman–Crippen LogP) is 6.63. The number of benzene rings is 2. The quantitative estimate of drug-likeness (QED) is 0.139. The van der Waals surface area contributed by atoms with Crippen LogP contribution in [0.1, 0.15) is 65.0 Å². The number of alkyl carbamates (subject to hydrolysis) is 1. The van der Waals surface area contributed by atoms with E-state index in [0.717, 1.165) is 71.7 Å². The first-order valence-corrected chi connectivity index (χ1v) is 15.9. The molecule has 3 N–H and O–H groups in total. The van der Waals surface area contributed by atoms with Crippen molar-refractivity contribution in [2.45, 2.75) is 78.6 Å². The molecule has 4 aromatic rings. The Kier molecular flexibility index (Phi) is 11.9. The Bertz CT molecular complexity index is 1500. The number of methoxy groups -OCH3 is 1. The second-order valence-electron chi connectivity index (χ2n) is 11.4. The molecule has 10 heteroatoms. The van der Waals surface area contributed by atoms with Crippen LogP contribution < -0.4 is 5.32 Å². The number of carbonyl (C=O) groups excluding carboxylic acids is 2. The fourth-order valence-corrected chi connectivity index (χ4v) is 5.77. The number of aromatic amines is 2. The Morgan fingerprint density at radius 3 is 1.62 bits per heavy atom. The second kappa shape index (κ2) is 16.0. The summed E-state index contributed by atoms with van der Waals surface area (Å²) >= 11 is 0. The number of nitrogens with zero attached hydrogens (tertiary/aromatic N) is 4. The molecule has 10 nitrogen and oxygen atoms in total. The average Bonchev–Trinajstić information content (AvgIpc) is 3.74. The number of aromatic nitrogens is 4. The van der Waals surface area contributed by atoms with Gasteiger partial charge in [0.15, 0.2) is 0 Å². The van der Waals surface area contributed by atoms with E-state index >= 15 is 0 Å². The smallest absolute Gasteiger partial charge is 0.407 e. The van der Waals surface area contributed by atoms with E-state index in [1.807, 2.05) is 20.0 Å². The molecular weight excluding hydrogens is 566 g/mol. The molecule has 0 aliphatic heterocycles. The standard InChI is InChI=1S/C35H47N7O3/c1-7-28(8-2)41(5)22-32-36-19-30(39-32)26-15-11-24(12-16-26)25-13-17-27(18-14-25)31-20-37-33(40-31)23-42(29(9-3)10-4)34(43)21-38-35(44)45-6/h11-20,28-29H,7-10,21-23H2,1-6H3,(H,36,39)(H,37,40)(H,38,44). The Balaban J connectivity index is 1.41. The van der Waals surface area contributed by atoms with Gasteiger partial charge >= 0.3 is 6.09 Å². The molecule has 0 spiro atoms. The topological polar surface area (TPSA) is 119 Å². The fourth-order valence-electron chi connectivity index (χ4n) is 5.77. The second-order valence-corrected chi connectivity index (χ2v) is 11.4. The largest absolute Gasteiger partial charge is 0.453 e. The van der Waals surface area contributed by atoms with E-state index in [1.165, 1.54) is 7.11 Å². The maximum Gasteiger partial charge on any atom is 0.407 e. The van der Waals surface area contributed by atoms with Gasteiger partial charge in [-0.2, -0.15) is 0 Å². The average molecular weight is 614 g/mol. The fraction of sp³-hybridized carbons (Fsp3) is 0.429. The lowest BCUT2D eigenvalue weighted by molar-refractivity contribution is -0.133. The highest BCUT2D eigenvalue weighted by Gasteiger charge is 2.23. The summed E-state index contributed by atoms with van der Waals surface area (Å²) in [5.41, 5.74) is 6.25. The van der Waals surface area contributed by atoms with Crippen molar-refractivity contribution in [3.63, 3.8) is 0 Å². The first-order valence-electron chi connectivity index (χ1n) is 15.9. The van der Waals surface area contributed by atoms with Crippen LogP contribution in [0.4, 0.5) is 4.79 Å². The molecule has 2 amide bonds. The molecule has 0 aliphatic carbocycles. The third-order valence-electron chi connectivity index (χ3n) is 8.54. The molecule has 45 heavy (non-hydrogen) atoms. The van der Waals surface area contributed by atoms with Gasteiger partial charge in [0.05, 0.1) is 44.0 Å². The van der Waals surface area contributed by atoms with Gasteiger partial charge in [-0.15, -0.1) is 0 Å². The van der Waals surface area contributed by atoms with Crippen LogP contribution in [0.15, 0.2) is 60.9 Å². The predicted molar refractivity (Wildman–Crippen MR) is 178 cm³/mol. The van der Waals surface area contributed by atoms with Gasteiger partial charge in [0.1, 0.15) is 18.2 Å². The zero-order chi connectivity index (χ0) is 32.3. The number of rotatable bonds is 15. The minimum atomic E-state index is -0.629. The molecule has 2 aromatic carbocycles. The molecule has 0 unspecified atom stereocenters. The molecule has 0 aliphatic rings. The Morgan fingerprint density at radius 2 is 1.18 bits per heavy atom. The molecular formula is C35H47N7O3. The minimum Gasteiger partial charge on any atom is -0.453 e. The van der Waals surface area contributed by atoms with E-state index in [2.05, 4.69) is 104 Å². The van der Waals surface area contributed by atoms with Crippen molar-refractivity contribution in [1.82, 2.24) is 35.1 Å². The highest BCUT2D eigenvalue weighted by molar-refractivity contribution is 5.82. The lowest BCUT2D eigenvalue weighted by Gasteiger charge is -2.30. The molecule has 0 bridgehead atoms. The van der Waals surface area contributed by atoms with E-state index in [0.29, 0.717) is 18.4 Å². The van der Waals surface area contributed by atoms with E-state index in [1.54, 1.807) is 11.1 Å². The summed E-state index contributed by atoms with van der Waals surface area (Å²) in [5.74, 6) is 1.48. The minimum absolute atomic E-state index is 0.0348. The third-order valence-corrected chi connectivity index (χ3v) is 8.54. The summed E-state index contributed by atoms with van der Waals surface area (Å²) in [7, 11) is 3.43. The number of amides is 2. The number of ether oxygens (including phenoxy) is 1. The summed E-state index contributed by atoms with van der Waals surface area (Å²) < 4.78 is 4.60. The molecule has 4 rings (SSSR count). The monoisotopic (exact) mass is 613 g/mol. The molecule has 0 fully saturated rings. The van der Waals surface area contributed by atoms with E-state index in [4.69, 9.17) is 0 Å². The molecule has 2 aromatic heterocycles. The first-order chi connectivity index (χ1) is 21.8. The van der Waals surface area contributed by atoms with Gasteiger partial charge in [0, 0.05) is 12.1 Å². The van der Waals surface area contributed by atoms with Crippen LogP contribution in [0.2, 0.25) is 0 Å². The maximum absolute atomic E-state index is 13.0. The van der Waals surface area contributed by atoms with Crippen LogP contribution >= 0.6 is 0 Å². The summed E-state index contributed by atoms with van der Waals surface area (Å²) in [4.78, 5) is 44.6. The first kappa shape index (κ1) is 33.5.